The first-order chi connectivity index (χ1) is 10.1. The first-order valence-corrected chi connectivity index (χ1v) is 8.73. The van der Waals surface area contributed by atoms with Gasteiger partial charge in [-0.2, -0.15) is 0 Å². The number of halogens is 1. The molecule has 21 heavy (non-hydrogen) atoms. The van der Waals surface area contributed by atoms with Crippen molar-refractivity contribution < 1.29 is 0 Å². The first-order valence-electron chi connectivity index (χ1n) is 8.35. The van der Waals surface area contributed by atoms with Crippen LogP contribution < -0.4 is 10.2 Å². The number of nitrogens with zero attached hydrogens (tertiary/aromatic N) is 1. The molecule has 2 aliphatic rings. The largest absolute Gasteiger partial charge is 0.370 e. The van der Waals surface area contributed by atoms with Crippen molar-refractivity contribution in [2.24, 2.45) is 5.41 Å². The number of hydrogen-bond donors (Lipinski definition) is 1. The van der Waals surface area contributed by atoms with Crippen LogP contribution in [0.25, 0.3) is 0 Å². The zero-order valence-electron chi connectivity index (χ0n) is 13.3. The van der Waals surface area contributed by atoms with Gasteiger partial charge in [0.2, 0.25) is 0 Å². The van der Waals surface area contributed by atoms with Gasteiger partial charge in [-0.15, -0.1) is 0 Å². The Morgan fingerprint density at radius 1 is 1.14 bits per heavy atom. The highest BCUT2D eigenvalue weighted by Crippen LogP contribution is 2.47. The summed E-state index contributed by atoms with van der Waals surface area (Å²) in [7, 11) is 1.98. The molecule has 2 nitrogen and oxygen atoms in total. The highest BCUT2D eigenvalue weighted by Gasteiger charge is 2.37. The fourth-order valence-electron chi connectivity index (χ4n) is 4.06. The van der Waals surface area contributed by atoms with Gasteiger partial charge in [0.25, 0.3) is 0 Å². The highest BCUT2D eigenvalue weighted by atomic mass is 35.5. The molecule has 1 aromatic carbocycles. The van der Waals surface area contributed by atoms with Gasteiger partial charge >= 0.3 is 0 Å². The zero-order valence-corrected chi connectivity index (χ0v) is 14.0. The zero-order chi connectivity index (χ0) is 14.9. The second-order valence-electron chi connectivity index (χ2n) is 6.92. The van der Waals surface area contributed by atoms with E-state index in [0.717, 1.165) is 5.02 Å². The van der Waals surface area contributed by atoms with Gasteiger partial charge in [0.15, 0.2) is 0 Å². The average molecular weight is 307 g/mol. The molecule has 0 aromatic heterocycles. The normalized spacial score (nSPS) is 22.7. The van der Waals surface area contributed by atoms with Crippen LogP contribution in [0.5, 0.6) is 0 Å². The standard InChI is InChI=1S/C18H27ClN2/c1-14(20-2)15-5-6-17(16(19)13-15)21-11-9-18(10-12-21)7-3-4-8-18/h5-6,13-14,20H,3-4,7-12H2,1-2H3. The smallest absolute Gasteiger partial charge is 0.0642 e. The molecule has 0 amide bonds. The third-order valence-electron chi connectivity index (χ3n) is 5.73. The second-order valence-corrected chi connectivity index (χ2v) is 7.32. The molecule has 2 fully saturated rings. The van der Waals surface area contributed by atoms with E-state index in [9.17, 15) is 0 Å². The van der Waals surface area contributed by atoms with Gasteiger partial charge in [-0.05, 0) is 62.8 Å². The van der Waals surface area contributed by atoms with Crippen molar-refractivity contribution in [1.29, 1.82) is 0 Å². The molecule has 1 aliphatic heterocycles. The van der Waals surface area contributed by atoms with E-state index in [2.05, 4.69) is 35.3 Å². The minimum atomic E-state index is 0.347. The molecule has 0 radical (unpaired) electrons. The minimum absolute atomic E-state index is 0.347. The van der Waals surface area contributed by atoms with Gasteiger partial charge in [0, 0.05) is 19.1 Å². The van der Waals surface area contributed by atoms with Gasteiger partial charge in [-0.3, -0.25) is 0 Å². The fourth-order valence-corrected chi connectivity index (χ4v) is 4.37. The molecule has 1 heterocycles. The van der Waals surface area contributed by atoms with Crippen molar-refractivity contribution in [3.8, 4) is 0 Å². The Bertz CT molecular complexity index is 484. The summed E-state index contributed by atoms with van der Waals surface area (Å²) in [5, 5.41) is 4.17. The van der Waals surface area contributed by atoms with Gasteiger partial charge < -0.3 is 10.2 Å². The Morgan fingerprint density at radius 2 is 1.81 bits per heavy atom. The summed E-state index contributed by atoms with van der Waals surface area (Å²) in [6, 6.07) is 6.89. The molecular formula is C18H27ClN2. The Morgan fingerprint density at radius 3 is 2.38 bits per heavy atom. The first kappa shape index (κ1) is 15.2. The lowest BCUT2D eigenvalue weighted by molar-refractivity contribution is 0.226. The molecule has 3 rings (SSSR count). The number of anilines is 1. The summed E-state index contributed by atoms with van der Waals surface area (Å²) < 4.78 is 0. The number of nitrogens with one attached hydrogen (secondary N) is 1. The minimum Gasteiger partial charge on any atom is -0.370 e. The Hall–Kier alpha value is -0.730. The van der Waals surface area contributed by atoms with Crippen molar-refractivity contribution in [2.45, 2.75) is 51.5 Å². The van der Waals surface area contributed by atoms with Crippen LogP contribution in [0, 0.1) is 5.41 Å². The third-order valence-corrected chi connectivity index (χ3v) is 6.04. The lowest BCUT2D eigenvalue weighted by Crippen LogP contribution is -2.39. The molecule has 1 unspecified atom stereocenters. The van der Waals surface area contributed by atoms with Crippen LogP contribution in [0.2, 0.25) is 5.02 Å². The van der Waals surface area contributed by atoms with E-state index in [1.807, 2.05) is 7.05 Å². The van der Waals surface area contributed by atoms with E-state index in [1.165, 1.54) is 62.9 Å². The fraction of sp³-hybridized carbons (Fsp3) is 0.667. The van der Waals surface area contributed by atoms with Crippen molar-refractivity contribution in [2.75, 3.05) is 25.0 Å². The summed E-state index contributed by atoms with van der Waals surface area (Å²) in [5.41, 5.74) is 3.15. The van der Waals surface area contributed by atoms with Crippen molar-refractivity contribution in [1.82, 2.24) is 5.32 Å². The summed E-state index contributed by atoms with van der Waals surface area (Å²) in [4.78, 5) is 2.49. The topological polar surface area (TPSA) is 15.3 Å². The Balaban J connectivity index is 1.70. The quantitative estimate of drug-likeness (QED) is 0.864. The monoisotopic (exact) mass is 306 g/mol. The van der Waals surface area contributed by atoms with Gasteiger partial charge in [-0.25, -0.2) is 0 Å². The molecule has 1 aliphatic carbocycles. The Labute approximate surface area is 133 Å². The SMILES string of the molecule is CNC(C)c1ccc(N2CCC3(CCCC3)CC2)c(Cl)c1. The van der Waals surface area contributed by atoms with Crippen LogP contribution >= 0.6 is 11.6 Å². The second kappa shape index (κ2) is 6.18. The molecule has 116 valence electrons. The number of rotatable bonds is 3. The van der Waals surface area contributed by atoms with E-state index < -0.39 is 0 Å². The predicted molar refractivity (Wildman–Crippen MR) is 91.3 cm³/mol. The molecule has 1 spiro atoms. The van der Waals surface area contributed by atoms with E-state index in [4.69, 9.17) is 11.6 Å². The maximum absolute atomic E-state index is 6.55. The number of piperidine rings is 1. The van der Waals surface area contributed by atoms with Gasteiger partial charge in [-0.1, -0.05) is 30.5 Å². The van der Waals surface area contributed by atoms with Gasteiger partial charge in [0.1, 0.15) is 0 Å². The lowest BCUT2D eigenvalue weighted by Gasteiger charge is -2.40. The Kier molecular flexibility index (Phi) is 4.46. The molecule has 1 aromatic rings. The van der Waals surface area contributed by atoms with E-state index in [-0.39, 0.29) is 0 Å². The molecule has 0 bridgehead atoms. The molecular weight excluding hydrogens is 280 g/mol. The summed E-state index contributed by atoms with van der Waals surface area (Å²) >= 11 is 6.55. The van der Waals surface area contributed by atoms with E-state index in [1.54, 1.807) is 0 Å². The lowest BCUT2D eigenvalue weighted by atomic mass is 9.77. The molecule has 1 atom stereocenters. The highest BCUT2D eigenvalue weighted by molar-refractivity contribution is 6.33. The van der Waals surface area contributed by atoms with Crippen LogP contribution in [0.4, 0.5) is 5.69 Å². The van der Waals surface area contributed by atoms with Gasteiger partial charge in [0.05, 0.1) is 10.7 Å². The average Bonchev–Trinajstić information content (AvgIpc) is 2.96. The van der Waals surface area contributed by atoms with Crippen LogP contribution in [0.3, 0.4) is 0 Å². The van der Waals surface area contributed by atoms with Crippen LogP contribution in [-0.4, -0.2) is 20.1 Å². The predicted octanol–water partition coefficient (Wildman–Crippen LogP) is 4.78. The summed E-state index contributed by atoms with van der Waals surface area (Å²) in [6.07, 6.45) is 8.48. The van der Waals surface area contributed by atoms with Crippen molar-refractivity contribution in [3.05, 3.63) is 28.8 Å². The third kappa shape index (κ3) is 3.07. The summed E-state index contributed by atoms with van der Waals surface area (Å²) in [6.45, 7) is 4.50. The van der Waals surface area contributed by atoms with Crippen molar-refractivity contribution in [3.63, 3.8) is 0 Å². The van der Waals surface area contributed by atoms with Crippen LogP contribution in [0.1, 0.15) is 57.1 Å². The maximum Gasteiger partial charge on any atom is 0.0642 e. The van der Waals surface area contributed by atoms with Crippen LogP contribution in [0.15, 0.2) is 18.2 Å². The van der Waals surface area contributed by atoms with E-state index >= 15 is 0 Å². The molecule has 1 N–H and O–H groups in total. The molecule has 3 heteroatoms. The van der Waals surface area contributed by atoms with E-state index in [0.29, 0.717) is 11.5 Å². The number of hydrogen-bond acceptors (Lipinski definition) is 2. The van der Waals surface area contributed by atoms with Crippen molar-refractivity contribution >= 4 is 17.3 Å². The molecule has 1 saturated heterocycles. The maximum atomic E-state index is 6.55. The van der Waals surface area contributed by atoms with Crippen LogP contribution in [-0.2, 0) is 0 Å². The molecule has 1 saturated carbocycles. The number of benzene rings is 1. The summed E-state index contributed by atoms with van der Waals surface area (Å²) in [5.74, 6) is 0.